The minimum atomic E-state index is 0.484. The Morgan fingerprint density at radius 2 is 1.87 bits per heavy atom. The number of hydrogen-bond acceptors (Lipinski definition) is 6. The van der Waals surface area contributed by atoms with Gasteiger partial charge in [-0.05, 0) is 76.2 Å². The Labute approximate surface area is 190 Å². The van der Waals surface area contributed by atoms with Gasteiger partial charge in [-0.15, -0.1) is 0 Å². The van der Waals surface area contributed by atoms with Gasteiger partial charge in [0.2, 0.25) is 5.95 Å². The standard InChI is InChI=1S/C23H34N6OS/c1-16-9-12-28(13-10-16)20-14-21(29-11-5-4-6-17(29)2)26-22(25-20)27-23(31)24-15-19-8-7-18(3)30-19/h7-8,14,16-17H,4-6,9-13,15H2,1-3H3,(H2,24,25,26,27,31)/t17-/m0/s1. The number of piperidine rings is 2. The SMILES string of the molecule is Cc1ccc(CNC(=S)Nc2nc(N3CCC(C)CC3)cc(N3CCCC[C@@H]3C)n2)o1. The molecule has 0 saturated carbocycles. The van der Waals surface area contributed by atoms with Gasteiger partial charge in [-0.25, -0.2) is 0 Å². The van der Waals surface area contributed by atoms with E-state index in [1.807, 2.05) is 19.1 Å². The predicted octanol–water partition coefficient (Wildman–Crippen LogP) is 4.48. The largest absolute Gasteiger partial charge is 0.465 e. The number of thiocarbonyl (C=S) groups is 1. The average Bonchev–Trinajstić information content (AvgIpc) is 3.18. The Hall–Kier alpha value is -2.35. The second-order valence-electron chi connectivity index (χ2n) is 8.94. The molecule has 31 heavy (non-hydrogen) atoms. The van der Waals surface area contributed by atoms with E-state index in [4.69, 9.17) is 26.6 Å². The van der Waals surface area contributed by atoms with Crippen LogP contribution in [0.4, 0.5) is 17.6 Å². The number of anilines is 3. The van der Waals surface area contributed by atoms with E-state index in [1.54, 1.807) is 0 Å². The monoisotopic (exact) mass is 442 g/mol. The zero-order chi connectivity index (χ0) is 21.8. The van der Waals surface area contributed by atoms with E-state index >= 15 is 0 Å². The molecule has 1 atom stereocenters. The van der Waals surface area contributed by atoms with Crippen molar-refractivity contribution in [3.8, 4) is 0 Å². The van der Waals surface area contributed by atoms with Gasteiger partial charge in [0, 0.05) is 31.7 Å². The van der Waals surface area contributed by atoms with Crippen molar-refractivity contribution in [3.05, 3.63) is 29.7 Å². The zero-order valence-corrected chi connectivity index (χ0v) is 19.7. The highest BCUT2D eigenvalue weighted by molar-refractivity contribution is 7.80. The third kappa shape index (κ3) is 5.67. The molecule has 168 valence electrons. The second-order valence-corrected chi connectivity index (χ2v) is 9.34. The number of rotatable bonds is 5. The van der Waals surface area contributed by atoms with Crippen LogP contribution in [0.25, 0.3) is 0 Å². The van der Waals surface area contributed by atoms with Crippen molar-refractivity contribution >= 4 is 34.9 Å². The van der Waals surface area contributed by atoms with Crippen molar-refractivity contribution in [1.82, 2.24) is 15.3 Å². The van der Waals surface area contributed by atoms with Crippen LogP contribution in [-0.2, 0) is 6.54 Å². The molecule has 0 unspecified atom stereocenters. The molecule has 0 aliphatic carbocycles. The molecule has 2 aromatic heterocycles. The molecule has 2 N–H and O–H groups in total. The summed E-state index contributed by atoms with van der Waals surface area (Å²) < 4.78 is 5.61. The molecule has 0 radical (unpaired) electrons. The summed E-state index contributed by atoms with van der Waals surface area (Å²) in [6, 6.07) is 6.55. The van der Waals surface area contributed by atoms with Gasteiger partial charge in [-0.3, -0.25) is 0 Å². The van der Waals surface area contributed by atoms with Crippen LogP contribution in [-0.4, -0.2) is 40.8 Å². The Kier molecular flexibility index (Phi) is 6.95. The van der Waals surface area contributed by atoms with E-state index in [-0.39, 0.29) is 0 Å². The van der Waals surface area contributed by atoms with E-state index in [0.29, 0.717) is 23.6 Å². The molecule has 4 heterocycles. The summed E-state index contributed by atoms with van der Waals surface area (Å²) in [5, 5.41) is 6.89. The van der Waals surface area contributed by atoms with Crippen LogP contribution in [0.2, 0.25) is 0 Å². The van der Waals surface area contributed by atoms with Crippen LogP contribution in [0, 0.1) is 12.8 Å². The molecule has 7 nitrogen and oxygen atoms in total. The van der Waals surface area contributed by atoms with E-state index in [0.717, 1.165) is 48.7 Å². The van der Waals surface area contributed by atoms with Gasteiger partial charge in [-0.1, -0.05) is 6.92 Å². The molecule has 2 aromatic rings. The summed E-state index contributed by atoms with van der Waals surface area (Å²) in [7, 11) is 0. The molecule has 2 aliphatic rings. The molecular weight excluding hydrogens is 408 g/mol. The number of aromatic nitrogens is 2. The molecule has 2 aliphatic heterocycles. The fourth-order valence-electron chi connectivity index (χ4n) is 4.36. The molecule has 0 aromatic carbocycles. The predicted molar refractivity (Wildman–Crippen MR) is 130 cm³/mol. The smallest absolute Gasteiger partial charge is 0.232 e. The average molecular weight is 443 g/mol. The van der Waals surface area contributed by atoms with E-state index in [9.17, 15) is 0 Å². The molecule has 0 bridgehead atoms. The number of hydrogen-bond donors (Lipinski definition) is 2. The van der Waals surface area contributed by atoms with Gasteiger partial charge in [0.15, 0.2) is 5.11 Å². The quantitative estimate of drug-likeness (QED) is 0.657. The molecule has 0 spiro atoms. The van der Waals surface area contributed by atoms with Gasteiger partial charge >= 0.3 is 0 Å². The highest BCUT2D eigenvalue weighted by atomic mass is 32.1. The first-order chi connectivity index (χ1) is 15.0. The third-order valence-electron chi connectivity index (χ3n) is 6.35. The highest BCUT2D eigenvalue weighted by Crippen LogP contribution is 2.29. The summed E-state index contributed by atoms with van der Waals surface area (Å²) in [6.07, 6.45) is 6.09. The first-order valence-corrected chi connectivity index (χ1v) is 11.9. The maximum Gasteiger partial charge on any atom is 0.232 e. The van der Waals surface area contributed by atoms with E-state index in [2.05, 4.69) is 40.3 Å². The maximum absolute atomic E-state index is 5.61. The molecule has 2 fully saturated rings. The van der Waals surface area contributed by atoms with Gasteiger partial charge in [0.25, 0.3) is 0 Å². The van der Waals surface area contributed by atoms with Gasteiger partial charge in [-0.2, -0.15) is 9.97 Å². The van der Waals surface area contributed by atoms with Crippen LogP contribution in [0.3, 0.4) is 0 Å². The van der Waals surface area contributed by atoms with E-state index < -0.39 is 0 Å². The van der Waals surface area contributed by atoms with Gasteiger partial charge in [0.05, 0.1) is 6.54 Å². The number of nitrogens with zero attached hydrogens (tertiary/aromatic N) is 4. The lowest BCUT2D eigenvalue weighted by Crippen LogP contribution is -2.39. The van der Waals surface area contributed by atoms with Crippen LogP contribution in [0.1, 0.15) is 57.5 Å². The normalized spacial score (nSPS) is 20.0. The molecule has 4 rings (SSSR count). The molecular formula is C23H34N6OS. The lowest BCUT2D eigenvalue weighted by atomic mass is 9.99. The van der Waals surface area contributed by atoms with Gasteiger partial charge < -0.3 is 24.9 Å². The van der Waals surface area contributed by atoms with Gasteiger partial charge in [0.1, 0.15) is 23.2 Å². The molecule has 0 amide bonds. The lowest BCUT2D eigenvalue weighted by Gasteiger charge is -2.36. The minimum Gasteiger partial charge on any atom is -0.465 e. The summed E-state index contributed by atoms with van der Waals surface area (Å²) in [6.45, 7) is 10.2. The third-order valence-corrected chi connectivity index (χ3v) is 6.59. The highest BCUT2D eigenvalue weighted by Gasteiger charge is 2.24. The second kappa shape index (κ2) is 9.85. The summed E-state index contributed by atoms with van der Waals surface area (Å²) in [5.74, 6) is 5.05. The summed E-state index contributed by atoms with van der Waals surface area (Å²) in [5.41, 5.74) is 0. The summed E-state index contributed by atoms with van der Waals surface area (Å²) in [4.78, 5) is 14.5. The zero-order valence-electron chi connectivity index (χ0n) is 18.9. The first-order valence-electron chi connectivity index (χ1n) is 11.5. The number of aryl methyl sites for hydroxylation is 1. The maximum atomic E-state index is 5.61. The Morgan fingerprint density at radius 1 is 1.10 bits per heavy atom. The van der Waals surface area contributed by atoms with Crippen molar-refractivity contribution in [2.24, 2.45) is 5.92 Å². The van der Waals surface area contributed by atoms with Crippen LogP contribution in [0.15, 0.2) is 22.6 Å². The van der Waals surface area contributed by atoms with Crippen molar-refractivity contribution in [1.29, 1.82) is 0 Å². The van der Waals surface area contributed by atoms with Crippen LogP contribution >= 0.6 is 12.2 Å². The number of furan rings is 1. The van der Waals surface area contributed by atoms with E-state index in [1.165, 1.54) is 32.1 Å². The van der Waals surface area contributed by atoms with Crippen molar-refractivity contribution < 1.29 is 4.42 Å². The minimum absolute atomic E-state index is 0.484. The Balaban J connectivity index is 1.51. The lowest BCUT2D eigenvalue weighted by molar-refractivity contribution is 0.436. The fraction of sp³-hybridized carbons (Fsp3) is 0.609. The number of nitrogens with one attached hydrogen (secondary N) is 2. The Bertz CT molecular complexity index is 892. The van der Waals surface area contributed by atoms with Crippen molar-refractivity contribution in [2.45, 2.75) is 65.5 Å². The first kappa shape index (κ1) is 21.9. The van der Waals surface area contributed by atoms with Crippen molar-refractivity contribution in [2.75, 3.05) is 34.8 Å². The summed E-state index contributed by atoms with van der Waals surface area (Å²) >= 11 is 5.51. The Morgan fingerprint density at radius 3 is 2.58 bits per heavy atom. The van der Waals surface area contributed by atoms with Crippen LogP contribution in [0.5, 0.6) is 0 Å². The topological polar surface area (TPSA) is 69.5 Å². The van der Waals surface area contributed by atoms with Crippen LogP contribution < -0.4 is 20.4 Å². The van der Waals surface area contributed by atoms with Crippen molar-refractivity contribution in [3.63, 3.8) is 0 Å². The molecule has 8 heteroatoms. The fourth-order valence-corrected chi connectivity index (χ4v) is 4.52. The molecule has 2 saturated heterocycles.